The lowest BCUT2D eigenvalue weighted by Crippen LogP contribution is -2.40. The average molecular weight is 488 g/mol. The van der Waals surface area contributed by atoms with Gasteiger partial charge in [-0.05, 0) is 38.7 Å². The van der Waals surface area contributed by atoms with Crippen molar-refractivity contribution in [2.24, 2.45) is 10.9 Å². The third-order valence-corrected chi connectivity index (χ3v) is 4.11. The van der Waals surface area contributed by atoms with Crippen molar-refractivity contribution in [2.75, 3.05) is 13.1 Å². The molecule has 2 rings (SSSR count). The lowest BCUT2D eigenvalue weighted by atomic mass is 10.1. The molecule has 1 atom stereocenters. The van der Waals surface area contributed by atoms with Gasteiger partial charge in [0.1, 0.15) is 6.54 Å². The Labute approximate surface area is 179 Å². The Morgan fingerprint density at radius 2 is 1.96 bits per heavy atom. The van der Waals surface area contributed by atoms with Crippen molar-refractivity contribution in [1.82, 2.24) is 25.6 Å². The molecule has 152 valence electrons. The molecule has 0 aliphatic heterocycles. The van der Waals surface area contributed by atoms with Crippen LogP contribution in [0.4, 0.5) is 0 Å². The molecule has 2 aromatic rings. The SMILES string of the molecule is CCNC(=NCc1cc(C(C)C)no1)NCC(C)Cn1nc(C)cc1C.I. The van der Waals surface area contributed by atoms with Crippen molar-refractivity contribution in [3.63, 3.8) is 0 Å². The summed E-state index contributed by atoms with van der Waals surface area (Å²) in [6.45, 7) is 15.6. The van der Waals surface area contributed by atoms with Gasteiger partial charge in [0.15, 0.2) is 11.7 Å². The van der Waals surface area contributed by atoms with Crippen molar-refractivity contribution in [2.45, 2.75) is 60.5 Å². The molecule has 8 heteroatoms. The molecule has 7 nitrogen and oxygen atoms in total. The number of guanidine groups is 1. The molecule has 1 unspecified atom stereocenters. The van der Waals surface area contributed by atoms with E-state index in [1.54, 1.807) is 0 Å². The van der Waals surface area contributed by atoms with E-state index in [1.165, 1.54) is 5.69 Å². The van der Waals surface area contributed by atoms with E-state index in [-0.39, 0.29) is 24.0 Å². The Hall–Kier alpha value is -1.58. The van der Waals surface area contributed by atoms with E-state index in [2.05, 4.69) is 71.2 Å². The predicted octanol–water partition coefficient (Wildman–Crippen LogP) is 3.62. The van der Waals surface area contributed by atoms with E-state index in [1.807, 2.05) is 13.0 Å². The first-order chi connectivity index (χ1) is 12.4. The fourth-order valence-corrected chi connectivity index (χ4v) is 2.66. The van der Waals surface area contributed by atoms with Crippen LogP contribution in [0.1, 0.15) is 56.5 Å². The fourth-order valence-electron chi connectivity index (χ4n) is 2.66. The van der Waals surface area contributed by atoms with Gasteiger partial charge in [0.2, 0.25) is 0 Å². The summed E-state index contributed by atoms with van der Waals surface area (Å²) in [5.41, 5.74) is 3.22. The molecule has 0 aliphatic rings. The van der Waals surface area contributed by atoms with Gasteiger partial charge in [0, 0.05) is 31.4 Å². The number of aliphatic imine (C=N–C) groups is 1. The van der Waals surface area contributed by atoms with E-state index < -0.39 is 0 Å². The molecule has 0 fully saturated rings. The van der Waals surface area contributed by atoms with Gasteiger partial charge < -0.3 is 15.2 Å². The maximum absolute atomic E-state index is 5.35. The van der Waals surface area contributed by atoms with E-state index in [9.17, 15) is 0 Å². The molecule has 2 heterocycles. The topological polar surface area (TPSA) is 80.3 Å². The second-order valence-corrected chi connectivity index (χ2v) is 7.16. The van der Waals surface area contributed by atoms with Gasteiger partial charge in [0.05, 0.1) is 11.4 Å². The number of nitrogens with one attached hydrogen (secondary N) is 2. The number of hydrogen-bond acceptors (Lipinski definition) is 4. The number of aryl methyl sites for hydroxylation is 2. The molecule has 0 amide bonds. The van der Waals surface area contributed by atoms with Crippen LogP contribution in [0.5, 0.6) is 0 Å². The Bertz CT molecular complexity index is 722. The lowest BCUT2D eigenvalue weighted by Gasteiger charge is -2.16. The highest BCUT2D eigenvalue weighted by atomic mass is 127. The van der Waals surface area contributed by atoms with Gasteiger partial charge in [0.25, 0.3) is 0 Å². The molecular formula is C19H33IN6O. The summed E-state index contributed by atoms with van der Waals surface area (Å²) in [7, 11) is 0. The molecule has 0 radical (unpaired) electrons. The zero-order chi connectivity index (χ0) is 19.1. The maximum Gasteiger partial charge on any atom is 0.191 e. The van der Waals surface area contributed by atoms with E-state index >= 15 is 0 Å². The lowest BCUT2D eigenvalue weighted by molar-refractivity contribution is 0.376. The van der Waals surface area contributed by atoms with Crippen LogP contribution in [0.2, 0.25) is 0 Å². The molecular weight excluding hydrogens is 455 g/mol. The molecule has 0 aliphatic carbocycles. The van der Waals surface area contributed by atoms with Crippen LogP contribution < -0.4 is 10.6 Å². The second kappa shape index (κ2) is 11.3. The Kier molecular flexibility index (Phi) is 9.82. The highest BCUT2D eigenvalue weighted by molar-refractivity contribution is 14.0. The molecule has 0 bridgehead atoms. The average Bonchev–Trinajstić information content (AvgIpc) is 3.17. The summed E-state index contributed by atoms with van der Waals surface area (Å²) >= 11 is 0. The zero-order valence-corrected chi connectivity index (χ0v) is 19.6. The van der Waals surface area contributed by atoms with Crippen LogP contribution in [0.25, 0.3) is 0 Å². The molecule has 0 aromatic carbocycles. The Balaban J connectivity index is 0.00000364. The molecule has 0 saturated heterocycles. The van der Waals surface area contributed by atoms with Crippen LogP contribution in [0, 0.1) is 19.8 Å². The van der Waals surface area contributed by atoms with Crippen molar-refractivity contribution in [1.29, 1.82) is 0 Å². The minimum absolute atomic E-state index is 0. The first-order valence-electron chi connectivity index (χ1n) is 9.37. The van der Waals surface area contributed by atoms with Gasteiger partial charge in [-0.2, -0.15) is 5.10 Å². The van der Waals surface area contributed by atoms with Crippen LogP contribution in [0.3, 0.4) is 0 Å². The number of hydrogen-bond donors (Lipinski definition) is 2. The monoisotopic (exact) mass is 488 g/mol. The Morgan fingerprint density at radius 3 is 2.52 bits per heavy atom. The largest absolute Gasteiger partial charge is 0.359 e. The fraction of sp³-hybridized carbons (Fsp3) is 0.632. The third kappa shape index (κ3) is 7.51. The van der Waals surface area contributed by atoms with Crippen molar-refractivity contribution >= 4 is 29.9 Å². The summed E-state index contributed by atoms with van der Waals surface area (Å²) in [4.78, 5) is 4.60. The minimum atomic E-state index is 0. The van der Waals surface area contributed by atoms with Crippen molar-refractivity contribution in [3.05, 3.63) is 35.0 Å². The zero-order valence-electron chi connectivity index (χ0n) is 17.2. The molecule has 2 aromatic heterocycles. The number of aromatic nitrogens is 3. The summed E-state index contributed by atoms with van der Waals surface area (Å²) in [6.07, 6.45) is 0. The van der Waals surface area contributed by atoms with Gasteiger partial charge in [-0.15, -0.1) is 24.0 Å². The normalized spacial score (nSPS) is 12.8. The van der Waals surface area contributed by atoms with Gasteiger partial charge in [-0.25, -0.2) is 4.99 Å². The van der Waals surface area contributed by atoms with E-state index in [4.69, 9.17) is 4.52 Å². The third-order valence-electron chi connectivity index (χ3n) is 4.11. The summed E-state index contributed by atoms with van der Waals surface area (Å²) in [5.74, 6) is 2.35. The summed E-state index contributed by atoms with van der Waals surface area (Å²) in [6, 6.07) is 4.08. The van der Waals surface area contributed by atoms with Gasteiger partial charge in [-0.1, -0.05) is 25.9 Å². The molecule has 27 heavy (non-hydrogen) atoms. The highest BCUT2D eigenvalue weighted by Crippen LogP contribution is 2.14. The smallest absolute Gasteiger partial charge is 0.191 e. The summed E-state index contributed by atoms with van der Waals surface area (Å²) in [5, 5.41) is 15.3. The van der Waals surface area contributed by atoms with Crippen LogP contribution in [0.15, 0.2) is 21.6 Å². The molecule has 0 spiro atoms. The van der Waals surface area contributed by atoms with Crippen LogP contribution in [-0.4, -0.2) is 34.0 Å². The highest BCUT2D eigenvalue weighted by Gasteiger charge is 2.10. The van der Waals surface area contributed by atoms with Crippen molar-refractivity contribution < 1.29 is 4.52 Å². The van der Waals surface area contributed by atoms with Gasteiger partial charge >= 0.3 is 0 Å². The summed E-state index contributed by atoms with van der Waals surface area (Å²) < 4.78 is 7.41. The van der Waals surface area contributed by atoms with Gasteiger partial charge in [-0.3, -0.25) is 4.68 Å². The maximum atomic E-state index is 5.35. The van der Waals surface area contributed by atoms with Crippen LogP contribution >= 0.6 is 24.0 Å². The molecule has 2 N–H and O–H groups in total. The Morgan fingerprint density at radius 1 is 1.22 bits per heavy atom. The van der Waals surface area contributed by atoms with Crippen LogP contribution in [-0.2, 0) is 13.1 Å². The van der Waals surface area contributed by atoms with E-state index in [0.717, 1.165) is 42.7 Å². The standard InChI is InChI=1S/C19H32N6O.HI/c1-7-20-19(22-11-17-9-18(13(2)3)24-26-17)21-10-14(4)12-25-16(6)8-15(5)23-25;/h8-9,13-14H,7,10-12H2,1-6H3,(H2,20,21,22);1H. The van der Waals surface area contributed by atoms with E-state index in [0.29, 0.717) is 18.4 Å². The first kappa shape index (κ1) is 23.5. The predicted molar refractivity (Wildman–Crippen MR) is 120 cm³/mol. The second-order valence-electron chi connectivity index (χ2n) is 7.16. The number of nitrogens with zero attached hydrogens (tertiary/aromatic N) is 4. The number of rotatable bonds is 8. The quantitative estimate of drug-likeness (QED) is 0.337. The molecule has 0 saturated carbocycles. The first-order valence-corrected chi connectivity index (χ1v) is 9.37. The van der Waals surface area contributed by atoms with Crippen molar-refractivity contribution in [3.8, 4) is 0 Å². The number of halogens is 1. The minimum Gasteiger partial charge on any atom is -0.359 e.